The van der Waals surface area contributed by atoms with Crippen LogP contribution >= 0.6 is 0 Å². The van der Waals surface area contributed by atoms with E-state index in [4.69, 9.17) is 9.47 Å². The summed E-state index contributed by atoms with van der Waals surface area (Å²) in [6.45, 7) is 3.07. The second kappa shape index (κ2) is 6.57. The minimum atomic E-state index is -0.971. The van der Waals surface area contributed by atoms with E-state index in [1.807, 2.05) is 24.3 Å². The van der Waals surface area contributed by atoms with Crippen LogP contribution in [0.15, 0.2) is 42.5 Å². The van der Waals surface area contributed by atoms with Crippen LogP contribution in [0, 0.1) is 0 Å². The van der Waals surface area contributed by atoms with Gasteiger partial charge in [-0.25, -0.2) is 4.79 Å². The second-order valence-electron chi connectivity index (χ2n) is 5.32. The largest absolute Gasteiger partial charge is 0.486 e. The molecule has 1 aliphatic rings. The number of hydrogen-bond acceptors (Lipinski definition) is 3. The third-order valence-electron chi connectivity index (χ3n) is 3.78. The van der Waals surface area contributed by atoms with E-state index < -0.39 is 5.97 Å². The Bertz CT molecular complexity index is 744. The van der Waals surface area contributed by atoms with Gasteiger partial charge in [-0.2, -0.15) is 0 Å². The second-order valence-corrected chi connectivity index (χ2v) is 5.32. The minimum absolute atomic E-state index is 0.228. The van der Waals surface area contributed by atoms with Gasteiger partial charge < -0.3 is 14.6 Å². The number of ether oxygens (including phenoxy) is 2. The fourth-order valence-electron chi connectivity index (χ4n) is 2.50. The first-order chi connectivity index (χ1) is 11.2. The van der Waals surface area contributed by atoms with Crippen LogP contribution in [0.4, 0.5) is 0 Å². The SMILES string of the molecule is CCc1ccc(/C=C(\C(=O)O)c2ccc3c(c2)OCCO3)cc1. The summed E-state index contributed by atoms with van der Waals surface area (Å²) in [5.41, 5.74) is 2.90. The third kappa shape index (κ3) is 3.37. The molecular weight excluding hydrogens is 292 g/mol. The lowest BCUT2D eigenvalue weighted by molar-refractivity contribution is -0.130. The number of carboxylic acid groups (broad SMARTS) is 1. The highest BCUT2D eigenvalue weighted by Gasteiger charge is 2.16. The number of fused-ring (bicyclic) bond motifs is 1. The molecule has 0 spiro atoms. The summed E-state index contributed by atoms with van der Waals surface area (Å²) < 4.78 is 11.0. The van der Waals surface area contributed by atoms with Crippen LogP contribution < -0.4 is 9.47 Å². The van der Waals surface area contributed by atoms with Crippen molar-refractivity contribution in [2.45, 2.75) is 13.3 Å². The summed E-state index contributed by atoms with van der Waals surface area (Å²) in [6, 6.07) is 13.1. The molecule has 2 aromatic rings. The molecule has 2 aromatic carbocycles. The molecule has 3 rings (SSSR count). The summed E-state index contributed by atoms with van der Waals surface area (Å²) in [6.07, 6.45) is 2.63. The van der Waals surface area contributed by atoms with E-state index in [1.54, 1.807) is 24.3 Å². The first kappa shape index (κ1) is 15.2. The highest BCUT2D eigenvalue weighted by Crippen LogP contribution is 2.33. The standard InChI is InChI=1S/C19H18O4/c1-2-13-3-5-14(6-4-13)11-16(19(20)21)15-7-8-17-18(12-15)23-10-9-22-17/h3-8,11-12H,2,9-10H2,1H3,(H,20,21)/b16-11-. The summed E-state index contributed by atoms with van der Waals surface area (Å²) in [5.74, 6) is 0.264. The molecule has 0 fully saturated rings. The maximum Gasteiger partial charge on any atom is 0.336 e. The summed E-state index contributed by atoms with van der Waals surface area (Å²) in [4.78, 5) is 11.7. The molecular formula is C19H18O4. The van der Waals surface area contributed by atoms with E-state index in [9.17, 15) is 9.90 Å². The van der Waals surface area contributed by atoms with Crippen molar-refractivity contribution >= 4 is 17.6 Å². The Labute approximate surface area is 135 Å². The molecule has 4 nitrogen and oxygen atoms in total. The van der Waals surface area contributed by atoms with Crippen molar-refractivity contribution in [1.82, 2.24) is 0 Å². The van der Waals surface area contributed by atoms with Crippen molar-refractivity contribution in [1.29, 1.82) is 0 Å². The number of benzene rings is 2. The molecule has 0 bridgehead atoms. The van der Waals surface area contributed by atoms with Crippen LogP contribution in [0.25, 0.3) is 11.6 Å². The van der Waals surface area contributed by atoms with Crippen molar-refractivity contribution in [3.63, 3.8) is 0 Å². The van der Waals surface area contributed by atoms with Crippen molar-refractivity contribution in [3.05, 3.63) is 59.2 Å². The summed E-state index contributed by atoms with van der Waals surface area (Å²) in [5, 5.41) is 9.55. The molecule has 0 radical (unpaired) electrons. The number of carboxylic acids is 1. The van der Waals surface area contributed by atoms with Gasteiger partial charge >= 0.3 is 5.97 Å². The average molecular weight is 310 g/mol. The number of carbonyl (C=O) groups is 1. The van der Waals surface area contributed by atoms with E-state index in [2.05, 4.69) is 6.92 Å². The summed E-state index contributed by atoms with van der Waals surface area (Å²) in [7, 11) is 0. The Kier molecular flexibility index (Phi) is 4.33. The first-order valence-electron chi connectivity index (χ1n) is 7.61. The van der Waals surface area contributed by atoms with Gasteiger partial charge in [-0.3, -0.25) is 0 Å². The molecule has 23 heavy (non-hydrogen) atoms. The molecule has 0 saturated carbocycles. The van der Waals surface area contributed by atoms with Crippen molar-refractivity contribution in [2.75, 3.05) is 13.2 Å². The lowest BCUT2D eigenvalue weighted by atomic mass is 10.0. The number of aryl methyl sites for hydroxylation is 1. The maximum atomic E-state index is 11.7. The fraction of sp³-hybridized carbons (Fsp3) is 0.211. The van der Waals surface area contributed by atoms with Crippen LogP contribution in [0.1, 0.15) is 23.6 Å². The third-order valence-corrected chi connectivity index (χ3v) is 3.78. The average Bonchev–Trinajstić information content (AvgIpc) is 2.59. The van der Waals surface area contributed by atoms with Crippen LogP contribution in [0.2, 0.25) is 0 Å². The van der Waals surface area contributed by atoms with Gasteiger partial charge in [-0.1, -0.05) is 37.3 Å². The van der Waals surface area contributed by atoms with E-state index >= 15 is 0 Å². The summed E-state index contributed by atoms with van der Waals surface area (Å²) >= 11 is 0. The highest BCUT2D eigenvalue weighted by molar-refractivity contribution is 6.20. The first-order valence-corrected chi connectivity index (χ1v) is 7.61. The van der Waals surface area contributed by atoms with E-state index in [1.165, 1.54) is 5.56 Å². The van der Waals surface area contributed by atoms with Crippen LogP contribution in [-0.4, -0.2) is 24.3 Å². The molecule has 4 heteroatoms. The van der Waals surface area contributed by atoms with Crippen LogP contribution in [-0.2, 0) is 11.2 Å². The van der Waals surface area contributed by atoms with Gasteiger partial charge in [0.1, 0.15) is 13.2 Å². The predicted molar refractivity (Wildman–Crippen MR) is 88.8 cm³/mol. The highest BCUT2D eigenvalue weighted by atomic mass is 16.6. The van der Waals surface area contributed by atoms with Gasteiger partial charge in [-0.05, 0) is 41.3 Å². The van der Waals surface area contributed by atoms with Gasteiger partial charge in [-0.15, -0.1) is 0 Å². The molecule has 0 unspecified atom stereocenters. The van der Waals surface area contributed by atoms with E-state index in [0.29, 0.717) is 30.3 Å². The predicted octanol–water partition coefficient (Wildman–Crippen LogP) is 3.65. The molecule has 0 saturated heterocycles. The molecule has 0 amide bonds. The fourth-order valence-corrected chi connectivity index (χ4v) is 2.50. The quantitative estimate of drug-likeness (QED) is 0.692. The Balaban J connectivity index is 1.97. The van der Waals surface area contributed by atoms with Crippen LogP contribution in [0.5, 0.6) is 11.5 Å². The molecule has 118 valence electrons. The Morgan fingerprint density at radius 3 is 2.43 bits per heavy atom. The Morgan fingerprint density at radius 2 is 1.78 bits per heavy atom. The lowest BCUT2D eigenvalue weighted by Crippen LogP contribution is -2.15. The zero-order valence-electron chi connectivity index (χ0n) is 12.9. The molecule has 0 atom stereocenters. The van der Waals surface area contributed by atoms with Gasteiger partial charge in [0.05, 0.1) is 5.57 Å². The maximum absolute atomic E-state index is 11.7. The number of aliphatic carboxylic acids is 1. The van der Waals surface area contributed by atoms with E-state index in [0.717, 1.165) is 12.0 Å². The van der Waals surface area contributed by atoms with Crippen LogP contribution in [0.3, 0.4) is 0 Å². The number of rotatable bonds is 4. The molecule has 1 heterocycles. The Hall–Kier alpha value is -2.75. The topological polar surface area (TPSA) is 55.8 Å². The Morgan fingerprint density at radius 1 is 1.09 bits per heavy atom. The van der Waals surface area contributed by atoms with Gasteiger partial charge in [0.2, 0.25) is 0 Å². The van der Waals surface area contributed by atoms with Gasteiger partial charge in [0, 0.05) is 0 Å². The molecule has 0 aromatic heterocycles. The molecule has 1 aliphatic heterocycles. The van der Waals surface area contributed by atoms with Crippen molar-refractivity contribution in [2.24, 2.45) is 0 Å². The zero-order valence-corrected chi connectivity index (χ0v) is 12.9. The van der Waals surface area contributed by atoms with Crippen molar-refractivity contribution in [3.8, 4) is 11.5 Å². The zero-order chi connectivity index (χ0) is 16.2. The van der Waals surface area contributed by atoms with Crippen molar-refractivity contribution < 1.29 is 19.4 Å². The minimum Gasteiger partial charge on any atom is -0.486 e. The lowest BCUT2D eigenvalue weighted by Gasteiger charge is -2.19. The van der Waals surface area contributed by atoms with E-state index in [-0.39, 0.29) is 5.57 Å². The number of hydrogen-bond donors (Lipinski definition) is 1. The smallest absolute Gasteiger partial charge is 0.336 e. The monoisotopic (exact) mass is 310 g/mol. The molecule has 0 aliphatic carbocycles. The normalized spacial score (nSPS) is 13.7. The van der Waals surface area contributed by atoms with Gasteiger partial charge in [0.25, 0.3) is 0 Å². The van der Waals surface area contributed by atoms with Gasteiger partial charge in [0.15, 0.2) is 11.5 Å². The molecule has 1 N–H and O–H groups in total.